The van der Waals surface area contributed by atoms with Crippen LogP contribution in [0.3, 0.4) is 0 Å². The minimum atomic E-state index is -0.300. The summed E-state index contributed by atoms with van der Waals surface area (Å²) in [7, 11) is 2.87. The van der Waals surface area contributed by atoms with Crippen LogP contribution < -0.4 is 10.1 Å². The number of esters is 1. The second-order valence-corrected chi connectivity index (χ2v) is 3.25. The molecule has 5 nitrogen and oxygen atoms in total. The topological polar surface area (TPSA) is 71.3 Å². The maximum absolute atomic E-state index is 11.0. The first kappa shape index (κ1) is 12.8. The number of hydrogen-bond acceptors (Lipinski definition) is 5. The maximum Gasteiger partial charge on any atom is 0.307 e. The number of anilines is 1. The molecule has 17 heavy (non-hydrogen) atoms. The Morgan fingerprint density at radius 1 is 1.47 bits per heavy atom. The molecule has 0 saturated heterocycles. The van der Waals surface area contributed by atoms with E-state index in [9.17, 15) is 4.79 Å². The first-order chi connectivity index (χ1) is 8.22. The molecule has 0 bridgehead atoms. The van der Waals surface area contributed by atoms with Gasteiger partial charge in [0, 0.05) is 6.54 Å². The van der Waals surface area contributed by atoms with Crippen molar-refractivity contribution >= 4 is 11.7 Å². The van der Waals surface area contributed by atoms with Crippen LogP contribution in [-0.4, -0.2) is 26.7 Å². The molecule has 0 unspecified atom stereocenters. The lowest BCUT2D eigenvalue weighted by Crippen LogP contribution is -2.11. The Kier molecular flexibility index (Phi) is 4.82. The molecule has 0 heterocycles. The second kappa shape index (κ2) is 6.38. The molecule has 0 amide bonds. The van der Waals surface area contributed by atoms with Gasteiger partial charge in [0.25, 0.3) is 0 Å². The molecule has 0 aliphatic heterocycles. The number of benzene rings is 1. The van der Waals surface area contributed by atoms with Crippen LogP contribution in [0, 0.1) is 11.3 Å². The zero-order valence-electron chi connectivity index (χ0n) is 9.82. The molecule has 90 valence electrons. The quantitative estimate of drug-likeness (QED) is 0.782. The van der Waals surface area contributed by atoms with Crippen LogP contribution >= 0.6 is 0 Å². The summed E-state index contributed by atoms with van der Waals surface area (Å²) in [5, 5.41) is 12.0. The fraction of sp³-hybridized carbons (Fsp3) is 0.333. The number of methoxy groups -OCH3 is 2. The van der Waals surface area contributed by atoms with Gasteiger partial charge in [-0.05, 0) is 12.1 Å². The Balaban J connectivity index is 2.75. The number of nitrogens with one attached hydrogen (secondary N) is 1. The van der Waals surface area contributed by atoms with Crippen LogP contribution in [0.25, 0.3) is 0 Å². The lowest BCUT2D eigenvalue weighted by molar-refractivity contribution is -0.140. The summed E-state index contributed by atoms with van der Waals surface area (Å²) in [4.78, 5) is 11.0. The summed E-state index contributed by atoms with van der Waals surface area (Å²) in [6.45, 7) is 0.391. The van der Waals surface area contributed by atoms with E-state index in [2.05, 4.69) is 16.1 Å². The molecule has 0 saturated carbocycles. The zero-order valence-corrected chi connectivity index (χ0v) is 9.82. The van der Waals surface area contributed by atoms with Crippen LogP contribution in [0.15, 0.2) is 18.2 Å². The Morgan fingerprint density at radius 3 is 2.82 bits per heavy atom. The minimum absolute atomic E-state index is 0.236. The average molecular weight is 234 g/mol. The van der Waals surface area contributed by atoms with Crippen molar-refractivity contribution in [3.63, 3.8) is 0 Å². The van der Waals surface area contributed by atoms with Crippen molar-refractivity contribution in [1.29, 1.82) is 5.26 Å². The third-order valence-corrected chi connectivity index (χ3v) is 2.23. The molecular formula is C12H14N2O3. The van der Waals surface area contributed by atoms with Gasteiger partial charge in [-0.2, -0.15) is 5.26 Å². The van der Waals surface area contributed by atoms with Gasteiger partial charge in [0.15, 0.2) is 0 Å². The Bertz CT molecular complexity index is 438. The fourth-order valence-corrected chi connectivity index (χ4v) is 1.37. The van der Waals surface area contributed by atoms with Crippen molar-refractivity contribution in [2.75, 3.05) is 26.1 Å². The highest BCUT2D eigenvalue weighted by Crippen LogP contribution is 2.27. The number of para-hydroxylation sites is 1. The van der Waals surface area contributed by atoms with Gasteiger partial charge < -0.3 is 14.8 Å². The van der Waals surface area contributed by atoms with Gasteiger partial charge in [-0.25, -0.2) is 0 Å². The molecule has 5 heteroatoms. The first-order valence-electron chi connectivity index (χ1n) is 5.10. The lowest BCUT2D eigenvalue weighted by atomic mass is 10.1. The summed E-state index contributed by atoms with van der Waals surface area (Å²) >= 11 is 0. The van der Waals surface area contributed by atoms with E-state index in [4.69, 9.17) is 10.00 Å². The molecule has 1 aromatic carbocycles. The number of carbonyl (C=O) groups is 1. The van der Waals surface area contributed by atoms with Gasteiger partial charge in [-0.3, -0.25) is 4.79 Å². The predicted molar refractivity (Wildman–Crippen MR) is 62.8 cm³/mol. The number of rotatable bonds is 5. The molecular weight excluding hydrogens is 220 g/mol. The standard InChI is InChI=1S/C12H14N2O3/c1-16-10-5-3-4-9(8-13)12(10)14-7-6-11(15)17-2/h3-5,14H,6-7H2,1-2H3. The molecule has 1 rings (SSSR count). The second-order valence-electron chi connectivity index (χ2n) is 3.25. The molecule has 1 N–H and O–H groups in total. The van der Waals surface area contributed by atoms with Gasteiger partial charge in [0.05, 0.1) is 31.9 Å². The van der Waals surface area contributed by atoms with E-state index in [-0.39, 0.29) is 12.4 Å². The third-order valence-electron chi connectivity index (χ3n) is 2.23. The number of nitrogens with zero attached hydrogens (tertiary/aromatic N) is 1. The predicted octanol–water partition coefficient (Wildman–Crippen LogP) is 1.54. The molecule has 0 spiro atoms. The Hall–Kier alpha value is -2.22. The highest BCUT2D eigenvalue weighted by atomic mass is 16.5. The van der Waals surface area contributed by atoms with Gasteiger partial charge >= 0.3 is 5.97 Å². The van der Waals surface area contributed by atoms with Crippen molar-refractivity contribution in [1.82, 2.24) is 0 Å². The van der Waals surface area contributed by atoms with E-state index in [1.807, 2.05) is 0 Å². The van der Waals surface area contributed by atoms with E-state index in [0.29, 0.717) is 23.5 Å². The number of nitriles is 1. The maximum atomic E-state index is 11.0. The highest BCUT2D eigenvalue weighted by molar-refractivity contribution is 5.71. The highest BCUT2D eigenvalue weighted by Gasteiger charge is 2.08. The van der Waals surface area contributed by atoms with Crippen molar-refractivity contribution in [3.05, 3.63) is 23.8 Å². The normalized spacial score (nSPS) is 9.24. The molecule has 0 aliphatic carbocycles. The van der Waals surface area contributed by atoms with Crippen LogP contribution in [0.4, 0.5) is 5.69 Å². The summed E-state index contributed by atoms with van der Waals surface area (Å²) in [5.74, 6) is 0.278. The van der Waals surface area contributed by atoms with E-state index >= 15 is 0 Å². The molecule has 0 radical (unpaired) electrons. The smallest absolute Gasteiger partial charge is 0.307 e. The molecule has 0 aliphatic rings. The van der Waals surface area contributed by atoms with Crippen LogP contribution in [0.5, 0.6) is 5.75 Å². The Morgan fingerprint density at radius 2 is 2.24 bits per heavy atom. The fourth-order valence-electron chi connectivity index (χ4n) is 1.37. The summed E-state index contributed by atoms with van der Waals surface area (Å²) in [6.07, 6.45) is 0.236. The van der Waals surface area contributed by atoms with Crippen LogP contribution in [0.1, 0.15) is 12.0 Å². The van der Waals surface area contributed by atoms with E-state index < -0.39 is 0 Å². The third kappa shape index (κ3) is 3.38. The SMILES string of the molecule is COC(=O)CCNc1c(C#N)cccc1OC. The average Bonchev–Trinajstić information content (AvgIpc) is 2.38. The van der Waals surface area contributed by atoms with E-state index in [1.54, 1.807) is 18.2 Å². The summed E-state index contributed by atoms with van der Waals surface area (Å²) in [6, 6.07) is 7.24. The van der Waals surface area contributed by atoms with Crippen molar-refractivity contribution in [3.8, 4) is 11.8 Å². The van der Waals surface area contributed by atoms with Crippen LogP contribution in [0.2, 0.25) is 0 Å². The molecule has 0 atom stereocenters. The van der Waals surface area contributed by atoms with E-state index in [0.717, 1.165) is 0 Å². The summed E-state index contributed by atoms with van der Waals surface area (Å²) < 4.78 is 9.67. The van der Waals surface area contributed by atoms with Gasteiger partial charge in [0.2, 0.25) is 0 Å². The van der Waals surface area contributed by atoms with Gasteiger partial charge in [-0.1, -0.05) is 6.07 Å². The summed E-state index contributed by atoms with van der Waals surface area (Å²) in [5.41, 5.74) is 1.08. The lowest BCUT2D eigenvalue weighted by Gasteiger charge is -2.11. The molecule has 0 aromatic heterocycles. The van der Waals surface area contributed by atoms with Crippen LogP contribution in [-0.2, 0) is 9.53 Å². The molecule has 1 aromatic rings. The minimum Gasteiger partial charge on any atom is -0.495 e. The van der Waals surface area contributed by atoms with Crippen molar-refractivity contribution < 1.29 is 14.3 Å². The molecule has 0 fully saturated rings. The number of hydrogen-bond donors (Lipinski definition) is 1. The van der Waals surface area contributed by atoms with Crippen molar-refractivity contribution in [2.24, 2.45) is 0 Å². The van der Waals surface area contributed by atoms with Gasteiger partial charge in [0.1, 0.15) is 11.8 Å². The number of carbonyl (C=O) groups excluding carboxylic acids is 1. The van der Waals surface area contributed by atoms with Crippen molar-refractivity contribution in [2.45, 2.75) is 6.42 Å². The Labute approximate surface area is 100.0 Å². The number of ether oxygens (including phenoxy) is 2. The zero-order chi connectivity index (χ0) is 12.7. The van der Waals surface area contributed by atoms with Gasteiger partial charge in [-0.15, -0.1) is 0 Å². The monoisotopic (exact) mass is 234 g/mol. The largest absolute Gasteiger partial charge is 0.495 e. The first-order valence-corrected chi connectivity index (χ1v) is 5.10. The van der Waals surface area contributed by atoms with E-state index in [1.165, 1.54) is 14.2 Å².